The first-order valence-corrected chi connectivity index (χ1v) is 9.87. The number of hydrogen-bond acceptors (Lipinski definition) is 6. The zero-order valence-electron chi connectivity index (χ0n) is 18.4. The molecular formula is C23H27N3O5. The molecule has 31 heavy (non-hydrogen) atoms. The molecule has 3 rings (SSSR count). The van der Waals surface area contributed by atoms with Crippen LogP contribution in [-0.4, -0.2) is 34.3 Å². The zero-order valence-corrected chi connectivity index (χ0v) is 18.4. The normalized spacial score (nSPS) is 11.4. The second-order valence-corrected chi connectivity index (χ2v) is 8.08. The molecule has 0 bridgehead atoms. The van der Waals surface area contributed by atoms with Crippen LogP contribution in [0, 0.1) is 0 Å². The molecule has 164 valence electrons. The summed E-state index contributed by atoms with van der Waals surface area (Å²) >= 11 is 0. The van der Waals surface area contributed by atoms with E-state index in [9.17, 15) is 9.59 Å². The van der Waals surface area contributed by atoms with Crippen molar-refractivity contribution in [1.82, 2.24) is 9.55 Å². The van der Waals surface area contributed by atoms with Crippen LogP contribution in [0.2, 0.25) is 0 Å². The lowest BCUT2D eigenvalue weighted by Gasteiger charge is -2.20. The zero-order chi connectivity index (χ0) is 22.6. The maximum absolute atomic E-state index is 12.3. The van der Waals surface area contributed by atoms with Crippen molar-refractivity contribution in [3.63, 3.8) is 0 Å². The maximum Gasteiger partial charge on any atom is 0.412 e. The van der Waals surface area contributed by atoms with Crippen LogP contribution in [0.1, 0.15) is 42.5 Å². The molecule has 0 saturated heterocycles. The van der Waals surface area contributed by atoms with Crippen molar-refractivity contribution in [2.75, 3.05) is 12.4 Å². The highest BCUT2D eigenvalue weighted by Crippen LogP contribution is 2.27. The Kier molecular flexibility index (Phi) is 6.60. The van der Waals surface area contributed by atoms with Gasteiger partial charge in [0, 0.05) is 7.05 Å². The van der Waals surface area contributed by atoms with Crippen LogP contribution in [0.25, 0.3) is 11.0 Å². The molecule has 0 unspecified atom stereocenters. The maximum atomic E-state index is 12.3. The lowest BCUT2D eigenvalue weighted by Crippen LogP contribution is -2.27. The van der Waals surface area contributed by atoms with Gasteiger partial charge in [0.1, 0.15) is 23.5 Å². The predicted molar refractivity (Wildman–Crippen MR) is 117 cm³/mol. The second kappa shape index (κ2) is 9.18. The Morgan fingerprint density at radius 2 is 1.81 bits per heavy atom. The lowest BCUT2D eigenvalue weighted by molar-refractivity contribution is 0.0596. The number of anilines is 1. The fraction of sp³-hybridized carbons (Fsp3) is 0.348. The fourth-order valence-electron chi connectivity index (χ4n) is 3.04. The summed E-state index contributed by atoms with van der Waals surface area (Å²) in [5.74, 6) is 0.136. The Balaban J connectivity index is 1.90. The molecule has 0 aliphatic rings. The highest BCUT2D eigenvalue weighted by Gasteiger charge is 2.21. The van der Waals surface area contributed by atoms with Crippen molar-refractivity contribution < 1.29 is 23.8 Å². The third-order valence-corrected chi connectivity index (χ3v) is 4.48. The van der Waals surface area contributed by atoms with E-state index < -0.39 is 17.7 Å². The second-order valence-electron chi connectivity index (χ2n) is 8.08. The molecule has 0 aliphatic carbocycles. The molecule has 0 atom stereocenters. The molecule has 0 radical (unpaired) electrons. The van der Waals surface area contributed by atoms with Crippen molar-refractivity contribution in [1.29, 1.82) is 0 Å². The molecule has 0 saturated carbocycles. The van der Waals surface area contributed by atoms with Gasteiger partial charge in [-0.25, -0.2) is 14.6 Å². The van der Waals surface area contributed by atoms with Gasteiger partial charge in [-0.2, -0.15) is 0 Å². The van der Waals surface area contributed by atoms with Gasteiger partial charge in [-0.3, -0.25) is 5.32 Å². The molecule has 1 aromatic heterocycles. The number of nitrogens with zero attached hydrogens (tertiary/aromatic N) is 2. The predicted octanol–water partition coefficient (Wildman–Crippen LogP) is 4.42. The molecule has 0 spiro atoms. The summed E-state index contributed by atoms with van der Waals surface area (Å²) in [6, 6.07) is 13.0. The van der Waals surface area contributed by atoms with E-state index >= 15 is 0 Å². The van der Waals surface area contributed by atoms with E-state index in [2.05, 4.69) is 10.3 Å². The number of esters is 1. The van der Waals surface area contributed by atoms with Gasteiger partial charge >= 0.3 is 12.1 Å². The molecule has 8 heteroatoms. The van der Waals surface area contributed by atoms with E-state index in [0.717, 1.165) is 5.56 Å². The average Bonchev–Trinajstić information content (AvgIpc) is 3.03. The first kappa shape index (κ1) is 22.3. The van der Waals surface area contributed by atoms with Crippen LogP contribution >= 0.6 is 0 Å². The number of carbonyl (C=O) groups excluding carboxylic acids is 2. The third-order valence-electron chi connectivity index (χ3n) is 4.48. The molecule has 1 heterocycles. The SMILES string of the molecule is COC(=O)c1cc(NC(=O)OC(C)(C)C)c2nc(COCc3ccccc3)n(C)c2c1. The van der Waals surface area contributed by atoms with Gasteiger partial charge in [-0.1, -0.05) is 30.3 Å². The Hall–Kier alpha value is -3.39. The topological polar surface area (TPSA) is 91.7 Å². The van der Waals surface area contributed by atoms with Crippen LogP contribution in [0.5, 0.6) is 0 Å². The highest BCUT2D eigenvalue weighted by molar-refractivity contribution is 6.02. The van der Waals surface area contributed by atoms with Crippen LogP contribution in [0.4, 0.5) is 10.5 Å². The fourth-order valence-corrected chi connectivity index (χ4v) is 3.04. The van der Waals surface area contributed by atoms with Crippen LogP contribution in [0.3, 0.4) is 0 Å². The smallest absolute Gasteiger partial charge is 0.412 e. The van der Waals surface area contributed by atoms with Gasteiger partial charge in [0.05, 0.1) is 30.5 Å². The van der Waals surface area contributed by atoms with Crippen molar-refractivity contribution in [2.24, 2.45) is 7.05 Å². The summed E-state index contributed by atoms with van der Waals surface area (Å²) in [6.45, 7) is 6.03. The number of carbonyl (C=O) groups is 2. The summed E-state index contributed by atoms with van der Waals surface area (Å²) in [7, 11) is 3.13. The van der Waals surface area contributed by atoms with E-state index in [1.54, 1.807) is 26.8 Å². The number of nitrogens with one attached hydrogen (secondary N) is 1. The number of aromatic nitrogens is 2. The summed E-state index contributed by atoms with van der Waals surface area (Å²) < 4.78 is 17.8. The number of methoxy groups -OCH3 is 1. The van der Waals surface area contributed by atoms with Crippen LogP contribution in [0.15, 0.2) is 42.5 Å². The Labute approximate surface area is 181 Å². The summed E-state index contributed by atoms with van der Waals surface area (Å²) in [4.78, 5) is 29.1. The molecule has 3 aromatic rings. The van der Waals surface area contributed by atoms with E-state index in [1.165, 1.54) is 13.2 Å². The van der Waals surface area contributed by atoms with Crippen molar-refractivity contribution in [3.05, 3.63) is 59.4 Å². The number of rotatable bonds is 6. The van der Waals surface area contributed by atoms with E-state index in [4.69, 9.17) is 14.2 Å². The number of hydrogen-bond donors (Lipinski definition) is 1. The minimum Gasteiger partial charge on any atom is -0.465 e. The van der Waals surface area contributed by atoms with E-state index in [0.29, 0.717) is 34.7 Å². The quantitative estimate of drug-likeness (QED) is 0.588. The van der Waals surface area contributed by atoms with Crippen molar-refractivity contribution in [3.8, 4) is 0 Å². The number of imidazole rings is 1. The number of fused-ring (bicyclic) bond motifs is 1. The number of benzene rings is 2. The third kappa shape index (κ3) is 5.61. The monoisotopic (exact) mass is 425 g/mol. The standard InChI is InChI=1S/C23H27N3O5/c1-23(2,3)31-22(28)24-17-11-16(21(27)29-5)12-18-20(17)25-19(26(18)4)14-30-13-15-9-7-6-8-10-15/h6-12H,13-14H2,1-5H3,(H,24,28). The van der Waals surface area contributed by atoms with Gasteiger partial charge in [0.25, 0.3) is 0 Å². The van der Waals surface area contributed by atoms with Crippen molar-refractivity contribution in [2.45, 2.75) is 39.6 Å². The first-order valence-electron chi connectivity index (χ1n) is 9.87. The first-order chi connectivity index (χ1) is 14.7. The number of aryl methyl sites for hydroxylation is 1. The molecule has 2 aromatic carbocycles. The Morgan fingerprint density at radius 1 is 1.10 bits per heavy atom. The van der Waals surface area contributed by atoms with Gasteiger partial charge in [-0.05, 0) is 38.5 Å². The molecule has 1 N–H and O–H groups in total. The van der Waals surface area contributed by atoms with Gasteiger partial charge in [-0.15, -0.1) is 0 Å². The van der Waals surface area contributed by atoms with Gasteiger partial charge < -0.3 is 18.8 Å². The molecule has 8 nitrogen and oxygen atoms in total. The largest absolute Gasteiger partial charge is 0.465 e. The van der Waals surface area contributed by atoms with E-state index in [1.807, 2.05) is 41.9 Å². The number of amides is 1. The van der Waals surface area contributed by atoms with E-state index in [-0.39, 0.29) is 6.61 Å². The number of ether oxygens (including phenoxy) is 3. The van der Waals surface area contributed by atoms with Crippen LogP contribution < -0.4 is 5.32 Å². The lowest BCUT2D eigenvalue weighted by atomic mass is 10.1. The van der Waals surface area contributed by atoms with Crippen LogP contribution in [-0.2, 0) is 34.5 Å². The minimum absolute atomic E-state index is 0.263. The summed E-state index contributed by atoms with van der Waals surface area (Å²) in [5.41, 5.74) is 2.23. The molecule has 1 amide bonds. The minimum atomic E-state index is -0.663. The van der Waals surface area contributed by atoms with Gasteiger partial charge in [0.15, 0.2) is 0 Å². The van der Waals surface area contributed by atoms with Gasteiger partial charge in [0.2, 0.25) is 0 Å². The molecular weight excluding hydrogens is 398 g/mol. The highest BCUT2D eigenvalue weighted by atomic mass is 16.6. The average molecular weight is 425 g/mol. The summed E-state index contributed by atoms with van der Waals surface area (Å²) in [6.07, 6.45) is -0.636. The molecule has 0 aliphatic heterocycles. The Morgan fingerprint density at radius 3 is 2.45 bits per heavy atom. The summed E-state index contributed by atoms with van der Waals surface area (Å²) in [5, 5.41) is 2.70. The Bertz CT molecular complexity index is 1080. The molecule has 0 fully saturated rings. The van der Waals surface area contributed by atoms with Crippen molar-refractivity contribution >= 4 is 28.8 Å².